The SMILES string of the molecule is Fc1ccc(Oc2ccc(Br)c(Br)c2Br)cc1. The molecule has 0 N–H and O–H groups in total. The molecule has 0 aliphatic heterocycles. The molecule has 1 nitrogen and oxygen atoms in total. The van der Waals surface area contributed by atoms with E-state index in [0.717, 1.165) is 13.4 Å². The minimum absolute atomic E-state index is 0.284. The van der Waals surface area contributed by atoms with Gasteiger partial charge in [-0.05, 0) is 84.2 Å². The number of rotatable bonds is 2. The minimum Gasteiger partial charge on any atom is -0.456 e. The summed E-state index contributed by atoms with van der Waals surface area (Å²) in [4.78, 5) is 0. The van der Waals surface area contributed by atoms with E-state index in [1.54, 1.807) is 12.1 Å². The van der Waals surface area contributed by atoms with E-state index >= 15 is 0 Å². The van der Waals surface area contributed by atoms with Crippen LogP contribution in [0.15, 0.2) is 49.8 Å². The Morgan fingerprint density at radius 2 is 1.47 bits per heavy atom. The van der Waals surface area contributed by atoms with E-state index in [4.69, 9.17) is 4.74 Å². The van der Waals surface area contributed by atoms with Crippen LogP contribution in [0.5, 0.6) is 11.5 Å². The van der Waals surface area contributed by atoms with Crippen LogP contribution in [0.2, 0.25) is 0 Å². The Balaban J connectivity index is 2.30. The lowest BCUT2D eigenvalue weighted by Gasteiger charge is -2.09. The van der Waals surface area contributed by atoms with Crippen molar-refractivity contribution in [1.29, 1.82) is 0 Å². The van der Waals surface area contributed by atoms with Gasteiger partial charge in [-0.15, -0.1) is 0 Å². The molecule has 0 saturated heterocycles. The molecule has 88 valence electrons. The average molecular weight is 425 g/mol. The fourth-order valence-electron chi connectivity index (χ4n) is 1.22. The first kappa shape index (κ1) is 13.1. The van der Waals surface area contributed by atoms with Crippen molar-refractivity contribution in [3.05, 3.63) is 55.6 Å². The molecule has 0 aliphatic carbocycles. The first-order valence-corrected chi connectivity index (χ1v) is 7.03. The first-order chi connectivity index (χ1) is 8.08. The van der Waals surface area contributed by atoms with Crippen molar-refractivity contribution >= 4 is 47.8 Å². The number of halogens is 4. The summed E-state index contributed by atoms with van der Waals surface area (Å²) in [5, 5.41) is 0. The Morgan fingerprint density at radius 3 is 2.12 bits per heavy atom. The molecule has 5 heteroatoms. The topological polar surface area (TPSA) is 9.23 Å². The Labute approximate surface area is 123 Å². The number of hydrogen-bond acceptors (Lipinski definition) is 1. The zero-order valence-corrected chi connectivity index (χ0v) is 13.1. The van der Waals surface area contributed by atoms with E-state index in [2.05, 4.69) is 47.8 Å². The normalized spacial score (nSPS) is 10.4. The summed E-state index contributed by atoms with van der Waals surface area (Å²) in [6, 6.07) is 9.57. The monoisotopic (exact) mass is 422 g/mol. The summed E-state index contributed by atoms with van der Waals surface area (Å²) in [6.07, 6.45) is 0. The summed E-state index contributed by atoms with van der Waals surface area (Å²) in [7, 11) is 0. The number of hydrogen-bond donors (Lipinski definition) is 0. The van der Waals surface area contributed by atoms with Gasteiger partial charge < -0.3 is 4.74 Å². The van der Waals surface area contributed by atoms with Crippen LogP contribution >= 0.6 is 47.8 Å². The molecule has 2 aromatic carbocycles. The average Bonchev–Trinajstić information content (AvgIpc) is 2.33. The van der Waals surface area contributed by atoms with Crippen molar-refractivity contribution in [1.82, 2.24) is 0 Å². The largest absolute Gasteiger partial charge is 0.456 e. The molecule has 17 heavy (non-hydrogen) atoms. The van der Waals surface area contributed by atoms with Gasteiger partial charge in [0.15, 0.2) is 0 Å². The molecule has 0 bridgehead atoms. The zero-order valence-electron chi connectivity index (χ0n) is 8.38. The highest BCUT2D eigenvalue weighted by molar-refractivity contribution is 9.14. The van der Waals surface area contributed by atoms with Gasteiger partial charge in [-0.1, -0.05) is 0 Å². The summed E-state index contributed by atoms with van der Waals surface area (Å²) in [5.74, 6) is 0.960. The summed E-state index contributed by atoms with van der Waals surface area (Å²) < 4.78 is 21.0. The molecule has 2 aromatic rings. The van der Waals surface area contributed by atoms with Gasteiger partial charge >= 0.3 is 0 Å². The predicted octanol–water partition coefficient (Wildman–Crippen LogP) is 5.91. The quantitative estimate of drug-likeness (QED) is 0.545. The minimum atomic E-state index is -0.284. The van der Waals surface area contributed by atoms with Gasteiger partial charge in [0.25, 0.3) is 0 Å². The highest BCUT2D eigenvalue weighted by Gasteiger charge is 2.09. The number of benzene rings is 2. The molecule has 0 aromatic heterocycles. The third kappa shape index (κ3) is 3.09. The van der Waals surface area contributed by atoms with E-state index in [1.165, 1.54) is 12.1 Å². The van der Waals surface area contributed by atoms with Crippen LogP contribution in [0.3, 0.4) is 0 Å². The summed E-state index contributed by atoms with van der Waals surface area (Å²) >= 11 is 10.2. The fraction of sp³-hybridized carbons (Fsp3) is 0. The lowest BCUT2D eigenvalue weighted by atomic mass is 10.3. The lowest BCUT2D eigenvalue weighted by Crippen LogP contribution is -1.87. The Hall–Kier alpha value is -0.390. The van der Waals surface area contributed by atoms with Crippen molar-refractivity contribution in [3.63, 3.8) is 0 Å². The van der Waals surface area contributed by atoms with Crippen LogP contribution in [-0.4, -0.2) is 0 Å². The van der Waals surface area contributed by atoms with Crippen molar-refractivity contribution < 1.29 is 9.13 Å². The molecule has 0 atom stereocenters. The van der Waals surface area contributed by atoms with Gasteiger partial charge in [-0.25, -0.2) is 4.39 Å². The summed E-state index contributed by atoms with van der Waals surface area (Å²) in [6.45, 7) is 0. The lowest BCUT2D eigenvalue weighted by molar-refractivity contribution is 0.477. The van der Waals surface area contributed by atoms with Crippen molar-refractivity contribution in [2.45, 2.75) is 0 Å². The molecular weight excluding hydrogens is 419 g/mol. The van der Waals surface area contributed by atoms with Gasteiger partial charge in [0.05, 0.1) is 4.47 Å². The van der Waals surface area contributed by atoms with Gasteiger partial charge in [-0.3, -0.25) is 0 Å². The highest BCUT2D eigenvalue weighted by Crippen LogP contribution is 2.39. The molecule has 0 heterocycles. The second-order valence-corrected chi connectivity index (χ2v) is 5.67. The standard InChI is InChI=1S/C12H6Br3FO/c13-9-5-6-10(12(15)11(9)14)17-8-3-1-7(16)2-4-8/h1-6H. The molecule has 0 saturated carbocycles. The Bertz CT molecular complexity index is 540. The van der Waals surface area contributed by atoms with Crippen LogP contribution in [-0.2, 0) is 0 Å². The molecule has 2 rings (SSSR count). The third-order valence-corrected chi connectivity index (χ3v) is 5.38. The molecule has 0 amide bonds. The molecule has 0 aliphatic rings. The van der Waals surface area contributed by atoms with Gasteiger partial charge in [-0.2, -0.15) is 0 Å². The second kappa shape index (κ2) is 5.50. The smallest absolute Gasteiger partial charge is 0.142 e. The van der Waals surface area contributed by atoms with Crippen LogP contribution in [0.25, 0.3) is 0 Å². The van der Waals surface area contributed by atoms with Crippen molar-refractivity contribution in [3.8, 4) is 11.5 Å². The molecule has 0 fully saturated rings. The molecule has 0 radical (unpaired) electrons. The molecular formula is C12H6Br3FO. The van der Waals surface area contributed by atoms with Gasteiger partial charge in [0, 0.05) is 8.95 Å². The molecule has 0 spiro atoms. The van der Waals surface area contributed by atoms with E-state index in [-0.39, 0.29) is 5.82 Å². The van der Waals surface area contributed by atoms with Crippen LogP contribution in [0.1, 0.15) is 0 Å². The fourth-order valence-corrected chi connectivity index (χ4v) is 2.57. The Kier molecular flexibility index (Phi) is 4.22. The van der Waals surface area contributed by atoms with E-state index in [0.29, 0.717) is 11.5 Å². The maximum Gasteiger partial charge on any atom is 0.142 e. The Morgan fingerprint density at radius 1 is 0.824 bits per heavy atom. The molecule has 0 unspecified atom stereocenters. The van der Waals surface area contributed by atoms with Crippen molar-refractivity contribution in [2.75, 3.05) is 0 Å². The second-order valence-electron chi connectivity index (χ2n) is 3.23. The number of ether oxygens (including phenoxy) is 1. The predicted molar refractivity (Wildman–Crippen MR) is 76.0 cm³/mol. The van der Waals surface area contributed by atoms with Gasteiger partial charge in [0.1, 0.15) is 17.3 Å². The van der Waals surface area contributed by atoms with Crippen molar-refractivity contribution in [2.24, 2.45) is 0 Å². The van der Waals surface area contributed by atoms with Crippen LogP contribution in [0, 0.1) is 5.82 Å². The highest BCUT2D eigenvalue weighted by atomic mass is 79.9. The van der Waals surface area contributed by atoms with Gasteiger partial charge in [0.2, 0.25) is 0 Å². The van der Waals surface area contributed by atoms with E-state index in [9.17, 15) is 4.39 Å². The maximum atomic E-state index is 12.7. The first-order valence-electron chi connectivity index (χ1n) is 4.65. The zero-order chi connectivity index (χ0) is 12.4. The summed E-state index contributed by atoms with van der Waals surface area (Å²) in [5.41, 5.74) is 0. The van der Waals surface area contributed by atoms with E-state index < -0.39 is 0 Å². The van der Waals surface area contributed by atoms with Crippen LogP contribution < -0.4 is 4.74 Å². The van der Waals surface area contributed by atoms with E-state index in [1.807, 2.05) is 12.1 Å². The maximum absolute atomic E-state index is 12.7. The van der Waals surface area contributed by atoms with Crippen LogP contribution in [0.4, 0.5) is 4.39 Å². The third-order valence-electron chi connectivity index (χ3n) is 2.04.